The van der Waals surface area contributed by atoms with Crippen molar-refractivity contribution in [3.05, 3.63) is 57.0 Å². The van der Waals surface area contributed by atoms with Gasteiger partial charge in [0.1, 0.15) is 17.1 Å². The highest BCUT2D eigenvalue weighted by atomic mass is 32.1. The van der Waals surface area contributed by atoms with E-state index in [1.165, 1.54) is 22.2 Å². The second-order valence-corrected chi connectivity index (χ2v) is 8.48. The molecule has 0 atom stereocenters. The molecular formula is C22H25N3O3S. The first-order chi connectivity index (χ1) is 14.1. The molecule has 1 aromatic carbocycles. The molecule has 0 N–H and O–H groups in total. The quantitative estimate of drug-likeness (QED) is 0.624. The zero-order valence-corrected chi connectivity index (χ0v) is 17.6. The minimum atomic E-state index is -0.119. The topological polar surface area (TPSA) is 64.4 Å². The number of rotatable bonds is 6. The lowest BCUT2D eigenvalue weighted by atomic mass is 9.97. The van der Waals surface area contributed by atoms with Crippen LogP contribution in [0.3, 0.4) is 0 Å². The molecule has 152 valence electrons. The number of hydrogen-bond donors (Lipinski definition) is 0. The Labute approximate surface area is 173 Å². The summed E-state index contributed by atoms with van der Waals surface area (Å²) in [6.07, 6.45) is 5.75. The molecule has 0 unspecified atom stereocenters. The number of likely N-dealkylation sites (N-methyl/N-ethyl adjacent to an activating group) is 1. The Morgan fingerprint density at radius 3 is 2.76 bits per heavy atom. The zero-order chi connectivity index (χ0) is 20.4. The second kappa shape index (κ2) is 8.37. The van der Waals surface area contributed by atoms with Gasteiger partial charge in [0, 0.05) is 18.5 Å². The molecule has 0 saturated carbocycles. The number of ether oxygens (including phenoxy) is 1. The lowest BCUT2D eigenvalue weighted by Crippen LogP contribution is -2.33. The molecule has 0 bridgehead atoms. The molecule has 0 fully saturated rings. The first kappa shape index (κ1) is 19.6. The molecule has 29 heavy (non-hydrogen) atoms. The summed E-state index contributed by atoms with van der Waals surface area (Å²) in [4.78, 5) is 33.9. The first-order valence-corrected chi connectivity index (χ1v) is 10.8. The Hall–Kier alpha value is -2.67. The molecule has 1 amide bonds. The number of aromatic nitrogens is 2. The van der Waals surface area contributed by atoms with Crippen LogP contribution in [-0.2, 0) is 30.7 Å². The molecular weight excluding hydrogens is 386 g/mol. The van der Waals surface area contributed by atoms with E-state index in [0.29, 0.717) is 18.5 Å². The predicted octanol–water partition coefficient (Wildman–Crippen LogP) is 3.39. The van der Waals surface area contributed by atoms with Gasteiger partial charge in [0.2, 0.25) is 5.91 Å². The van der Waals surface area contributed by atoms with E-state index in [9.17, 15) is 9.59 Å². The number of thiophene rings is 1. The van der Waals surface area contributed by atoms with Gasteiger partial charge in [-0.25, -0.2) is 4.98 Å². The molecule has 3 aromatic rings. The first-order valence-electron chi connectivity index (χ1n) is 10.0. The van der Waals surface area contributed by atoms with Crippen molar-refractivity contribution >= 4 is 27.5 Å². The van der Waals surface area contributed by atoms with Crippen LogP contribution in [0.15, 0.2) is 35.4 Å². The van der Waals surface area contributed by atoms with E-state index in [4.69, 9.17) is 4.74 Å². The van der Waals surface area contributed by atoms with E-state index >= 15 is 0 Å². The third-order valence-corrected chi connectivity index (χ3v) is 6.53. The van der Waals surface area contributed by atoms with Crippen molar-refractivity contribution in [2.45, 2.75) is 45.7 Å². The number of carbonyl (C=O) groups is 1. The Morgan fingerprint density at radius 2 is 2.00 bits per heavy atom. The van der Waals surface area contributed by atoms with Crippen molar-refractivity contribution in [1.29, 1.82) is 0 Å². The minimum absolute atomic E-state index is 0.0000767. The SMILES string of the molecule is CCOc1ccc(CN(C)C(=O)Cn2cnc3sc4c(c3c2=O)CCCC4)cc1. The van der Waals surface area contributed by atoms with Crippen molar-refractivity contribution in [3.8, 4) is 5.75 Å². The molecule has 4 rings (SSSR count). The fraction of sp³-hybridized carbons (Fsp3) is 0.409. The molecule has 0 radical (unpaired) electrons. The Kier molecular flexibility index (Phi) is 5.67. The van der Waals surface area contributed by atoms with Gasteiger partial charge in [-0.2, -0.15) is 0 Å². The zero-order valence-electron chi connectivity index (χ0n) is 16.8. The number of carbonyl (C=O) groups excluding carboxylic acids is 1. The van der Waals surface area contributed by atoms with Crippen molar-refractivity contribution in [2.24, 2.45) is 0 Å². The maximum Gasteiger partial charge on any atom is 0.262 e. The lowest BCUT2D eigenvalue weighted by Gasteiger charge is -2.18. The van der Waals surface area contributed by atoms with Gasteiger partial charge in [-0.3, -0.25) is 14.2 Å². The minimum Gasteiger partial charge on any atom is -0.494 e. The molecule has 7 heteroatoms. The fourth-order valence-electron chi connectivity index (χ4n) is 3.78. The van der Waals surface area contributed by atoms with Crippen LogP contribution < -0.4 is 10.3 Å². The Balaban J connectivity index is 1.49. The van der Waals surface area contributed by atoms with Gasteiger partial charge in [0.25, 0.3) is 5.56 Å². The van der Waals surface area contributed by atoms with E-state index in [-0.39, 0.29) is 18.0 Å². The number of aryl methyl sites for hydroxylation is 2. The molecule has 2 heterocycles. The number of nitrogens with zero attached hydrogens (tertiary/aromatic N) is 3. The summed E-state index contributed by atoms with van der Waals surface area (Å²) < 4.78 is 6.89. The van der Waals surface area contributed by atoms with Gasteiger partial charge in [-0.1, -0.05) is 12.1 Å². The fourth-order valence-corrected chi connectivity index (χ4v) is 5.00. The van der Waals surface area contributed by atoms with Crippen LogP contribution in [0.25, 0.3) is 10.2 Å². The van der Waals surface area contributed by atoms with E-state index in [2.05, 4.69) is 4.98 Å². The van der Waals surface area contributed by atoms with Crippen molar-refractivity contribution in [1.82, 2.24) is 14.5 Å². The molecule has 1 aliphatic carbocycles. The average Bonchev–Trinajstić information content (AvgIpc) is 3.11. The maximum atomic E-state index is 13.0. The molecule has 1 aliphatic rings. The van der Waals surface area contributed by atoms with Gasteiger partial charge in [-0.15, -0.1) is 11.3 Å². The summed E-state index contributed by atoms with van der Waals surface area (Å²) in [7, 11) is 1.75. The normalized spacial score (nSPS) is 13.3. The third kappa shape index (κ3) is 4.05. The van der Waals surface area contributed by atoms with Crippen molar-refractivity contribution in [2.75, 3.05) is 13.7 Å². The van der Waals surface area contributed by atoms with Crippen LogP contribution in [0.2, 0.25) is 0 Å². The van der Waals surface area contributed by atoms with E-state index < -0.39 is 0 Å². The van der Waals surface area contributed by atoms with Crippen LogP contribution in [0.5, 0.6) is 5.75 Å². The van der Waals surface area contributed by atoms with Crippen molar-refractivity contribution < 1.29 is 9.53 Å². The number of fused-ring (bicyclic) bond motifs is 3. The average molecular weight is 412 g/mol. The van der Waals surface area contributed by atoms with Gasteiger partial charge in [0.05, 0.1) is 18.3 Å². The molecule has 0 spiro atoms. The van der Waals surface area contributed by atoms with Crippen molar-refractivity contribution in [3.63, 3.8) is 0 Å². The number of benzene rings is 1. The Morgan fingerprint density at radius 1 is 1.24 bits per heavy atom. The highest BCUT2D eigenvalue weighted by molar-refractivity contribution is 7.18. The standard InChI is InChI=1S/C22H25N3O3S/c1-3-28-16-10-8-15(9-11-16)12-24(2)19(26)13-25-14-23-21-20(22(25)27)17-6-4-5-7-18(17)29-21/h8-11,14H,3-7,12-13H2,1-2H3. The van der Waals surface area contributed by atoms with E-state index in [0.717, 1.165) is 41.0 Å². The van der Waals surface area contributed by atoms with Gasteiger partial charge < -0.3 is 9.64 Å². The second-order valence-electron chi connectivity index (χ2n) is 7.40. The van der Waals surface area contributed by atoms with E-state index in [1.54, 1.807) is 23.3 Å². The summed E-state index contributed by atoms with van der Waals surface area (Å²) in [6.45, 7) is 3.04. The summed E-state index contributed by atoms with van der Waals surface area (Å²) in [5.74, 6) is 0.696. The summed E-state index contributed by atoms with van der Waals surface area (Å²) in [5, 5.41) is 0.717. The van der Waals surface area contributed by atoms with Crippen LogP contribution in [0.4, 0.5) is 0 Å². The Bertz CT molecular complexity index is 1090. The van der Waals surface area contributed by atoms with Crippen LogP contribution >= 0.6 is 11.3 Å². The lowest BCUT2D eigenvalue weighted by molar-refractivity contribution is -0.131. The predicted molar refractivity (Wildman–Crippen MR) is 115 cm³/mol. The maximum absolute atomic E-state index is 13.0. The highest BCUT2D eigenvalue weighted by Crippen LogP contribution is 2.33. The molecule has 0 saturated heterocycles. The monoisotopic (exact) mass is 411 g/mol. The number of amides is 1. The summed E-state index contributed by atoms with van der Waals surface area (Å²) in [6, 6.07) is 7.71. The van der Waals surface area contributed by atoms with Gasteiger partial charge in [-0.05, 0) is 55.9 Å². The smallest absolute Gasteiger partial charge is 0.262 e. The van der Waals surface area contributed by atoms with Gasteiger partial charge in [0.15, 0.2) is 0 Å². The van der Waals surface area contributed by atoms with Crippen LogP contribution in [0, 0.1) is 0 Å². The third-order valence-electron chi connectivity index (χ3n) is 5.33. The summed E-state index contributed by atoms with van der Waals surface area (Å²) in [5.41, 5.74) is 2.06. The van der Waals surface area contributed by atoms with Crippen LogP contribution in [-0.4, -0.2) is 34.0 Å². The molecule has 2 aromatic heterocycles. The largest absolute Gasteiger partial charge is 0.494 e. The van der Waals surface area contributed by atoms with E-state index in [1.807, 2.05) is 31.2 Å². The molecule has 6 nitrogen and oxygen atoms in total. The number of hydrogen-bond acceptors (Lipinski definition) is 5. The van der Waals surface area contributed by atoms with Crippen LogP contribution in [0.1, 0.15) is 35.8 Å². The molecule has 0 aliphatic heterocycles. The van der Waals surface area contributed by atoms with Gasteiger partial charge >= 0.3 is 0 Å². The summed E-state index contributed by atoms with van der Waals surface area (Å²) >= 11 is 1.62. The highest BCUT2D eigenvalue weighted by Gasteiger charge is 2.21.